The van der Waals surface area contributed by atoms with Crippen LogP contribution in [0.4, 0.5) is 17.6 Å². The third-order valence-corrected chi connectivity index (χ3v) is 3.89. The van der Waals surface area contributed by atoms with Gasteiger partial charge in [0.1, 0.15) is 11.6 Å². The van der Waals surface area contributed by atoms with Gasteiger partial charge >= 0.3 is 0 Å². The molecule has 1 fully saturated rings. The third-order valence-electron chi connectivity index (χ3n) is 3.89. The maximum Gasteiger partial charge on any atom is 0.223 e. The second-order valence-electron chi connectivity index (χ2n) is 5.79. The number of anilines is 3. The van der Waals surface area contributed by atoms with Crippen molar-refractivity contribution in [3.05, 3.63) is 6.07 Å². The Hall–Kier alpha value is -1.56. The molecule has 6 nitrogen and oxygen atoms in total. The third kappa shape index (κ3) is 3.50. The smallest absolute Gasteiger partial charge is 0.223 e. The Morgan fingerprint density at radius 1 is 1.45 bits per heavy atom. The summed E-state index contributed by atoms with van der Waals surface area (Å²) in [6.07, 6.45) is 4.24. The summed E-state index contributed by atoms with van der Waals surface area (Å²) >= 11 is 0. The van der Waals surface area contributed by atoms with Crippen LogP contribution >= 0.6 is 0 Å². The molecule has 6 heteroatoms. The second-order valence-corrected chi connectivity index (χ2v) is 5.79. The zero-order chi connectivity index (χ0) is 14.6. The lowest BCUT2D eigenvalue weighted by molar-refractivity contribution is 0.149. The predicted molar refractivity (Wildman–Crippen MR) is 81.7 cm³/mol. The Morgan fingerprint density at radius 2 is 2.20 bits per heavy atom. The number of aliphatic hydroxyl groups excluding tert-OH is 1. The van der Waals surface area contributed by atoms with Gasteiger partial charge < -0.3 is 21.5 Å². The lowest BCUT2D eigenvalue weighted by Gasteiger charge is -2.39. The van der Waals surface area contributed by atoms with E-state index in [4.69, 9.17) is 5.73 Å². The van der Waals surface area contributed by atoms with Gasteiger partial charge in [0, 0.05) is 12.6 Å². The van der Waals surface area contributed by atoms with E-state index < -0.39 is 0 Å². The number of rotatable bonds is 5. The molecule has 0 amide bonds. The van der Waals surface area contributed by atoms with Crippen LogP contribution in [0.15, 0.2) is 6.07 Å². The van der Waals surface area contributed by atoms with E-state index in [1.54, 1.807) is 0 Å². The van der Waals surface area contributed by atoms with Crippen LogP contribution in [0.5, 0.6) is 0 Å². The molecule has 0 spiro atoms. The number of nitrogens with one attached hydrogen (secondary N) is 2. The van der Waals surface area contributed by atoms with Gasteiger partial charge in [0.2, 0.25) is 5.95 Å². The molecule has 1 saturated carbocycles. The fraction of sp³-hybridized carbons (Fsp3) is 0.714. The van der Waals surface area contributed by atoms with Crippen LogP contribution in [0, 0.1) is 5.92 Å². The monoisotopic (exact) mass is 279 g/mol. The van der Waals surface area contributed by atoms with Crippen molar-refractivity contribution in [1.29, 1.82) is 0 Å². The van der Waals surface area contributed by atoms with E-state index in [2.05, 4.69) is 27.5 Å². The average Bonchev–Trinajstić information content (AvgIpc) is 2.38. The number of aliphatic hydroxyl groups is 1. The molecule has 2 rings (SSSR count). The van der Waals surface area contributed by atoms with E-state index >= 15 is 0 Å². The van der Waals surface area contributed by atoms with Gasteiger partial charge in [0.05, 0.1) is 12.1 Å². The topological polar surface area (TPSA) is 96.1 Å². The number of nitrogens with two attached hydrogens (primary N) is 1. The van der Waals surface area contributed by atoms with E-state index in [1.807, 2.05) is 13.0 Å². The number of aromatic nitrogens is 2. The standard InChI is InChI=1S/C14H25N5O/c1-3-16-11-7-12(18-13(15)17-11)19-14(9-20)6-4-5-10(2)8-14/h7,10,20H,3-6,8-9H2,1-2H3,(H4,15,16,17,18,19). The van der Waals surface area contributed by atoms with E-state index in [0.29, 0.717) is 17.6 Å². The molecule has 1 heterocycles. The molecule has 1 aliphatic carbocycles. The van der Waals surface area contributed by atoms with Crippen molar-refractivity contribution in [2.45, 2.75) is 45.1 Å². The van der Waals surface area contributed by atoms with E-state index in [-0.39, 0.29) is 18.1 Å². The molecule has 1 aromatic heterocycles. The largest absolute Gasteiger partial charge is 0.394 e. The Morgan fingerprint density at radius 3 is 2.85 bits per heavy atom. The lowest BCUT2D eigenvalue weighted by atomic mass is 9.77. The Bertz CT molecular complexity index is 453. The van der Waals surface area contributed by atoms with Crippen molar-refractivity contribution in [2.75, 3.05) is 29.5 Å². The molecule has 2 unspecified atom stereocenters. The van der Waals surface area contributed by atoms with Gasteiger partial charge in [-0.15, -0.1) is 0 Å². The molecule has 0 bridgehead atoms. The Kier molecular flexibility index (Phi) is 4.65. The summed E-state index contributed by atoms with van der Waals surface area (Å²) in [5.74, 6) is 2.23. The Labute approximate surface area is 120 Å². The minimum absolute atomic E-state index is 0.109. The first-order valence-electron chi connectivity index (χ1n) is 7.34. The van der Waals surface area contributed by atoms with E-state index in [0.717, 1.165) is 25.8 Å². The van der Waals surface area contributed by atoms with Gasteiger partial charge in [-0.25, -0.2) is 0 Å². The van der Waals surface area contributed by atoms with Crippen LogP contribution < -0.4 is 16.4 Å². The van der Waals surface area contributed by atoms with Gasteiger partial charge in [-0.3, -0.25) is 0 Å². The van der Waals surface area contributed by atoms with Crippen molar-refractivity contribution in [1.82, 2.24) is 9.97 Å². The predicted octanol–water partition coefficient (Wildman–Crippen LogP) is 1.84. The normalized spacial score (nSPS) is 26.2. The highest BCUT2D eigenvalue weighted by molar-refractivity contribution is 5.52. The van der Waals surface area contributed by atoms with Crippen LogP contribution in [-0.2, 0) is 0 Å². The van der Waals surface area contributed by atoms with Crippen LogP contribution in [0.1, 0.15) is 39.5 Å². The maximum atomic E-state index is 9.81. The molecule has 0 aromatic carbocycles. The zero-order valence-corrected chi connectivity index (χ0v) is 12.3. The highest BCUT2D eigenvalue weighted by Crippen LogP contribution is 2.34. The molecular weight excluding hydrogens is 254 g/mol. The van der Waals surface area contributed by atoms with Crippen LogP contribution in [0.3, 0.4) is 0 Å². The van der Waals surface area contributed by atoms with Gasteiger partial charge in [-0.2, -0.15) is 9.97 Å². The van der Waals surface area contributed by atoms with Crippen molar-refractivity contribution in [3.63, 3.8) is 0 Å². The van der Waals surface area contributed by atoms with Gasteiger partial charge in [-0.1, -0.05) is 19.8 Å². The van der Waals surface area contributed by atoms with Crippen LogP contribution in [0.2, 0.25) is 0 Å². The summed E-state index contributed by atoms with van der Waals surface area (Å²) in [5, 5.41) is 16.3. The summed E-state index contributed by atoms with van der Waals surface area (Å²) in [7, 11) is 0. The summed E-state index contributed by atoms with van der Waals surface area (Å²) in [5.41, 5.74) is 5.45. The summed E-state index contributed by atoms with van der Waals surface area (Å²) in [6, 6.07) is 1.84. The number of hydrogen-bond acceptors (Lipinski definition) is 6. The first kappa shape index (κ1) is 14.8. The molecule has 1 aliphatic rings. The number of nitrogen functional groups attached to an aromatic ring is 1. The molecule has 0 saturated heterocycles. The first-order chi connectivity index (χ1) is 9.57. The lowest BCUT2D eigenvalue weighted by Crippen LogP contribution is -2.46. The quantitative estimate of drug-likeness (QED) is 0.657. The molecule has 0 radical (unpaired) electrons. The SMILES string of the molecule is CCNc1cc(NC2(CO)CCCC(C)C2)nc(N)n1. The molecule has 20 heavy (non-hydrogen) atoms. The fourth-order valence-corrected chi connectivity index (χ4v) is 3.03. The molecule has 1 aromatic rings. The molecule has 5 N–H and O–H groups in total. The number of nitrogens with zero attached hydrogens (tertiary/aromatic N) is 2. The van der Waals surface area contributed by atoms with Crippen molar-refractivity contribution in [3.8, 4) is 0 Å². The van der Waals surface area contributed by atoms with Crippen molar-refractivity contribution in [2.24, 2.45) is 5.92 Å². The van der Waals surface area contributed by atoms with E-state index in [1.165, 1.54) is 6.42 Å². The highest BCUT2D eigenvalue weighted by Gasteiger charge is 2.34. The van der Waals surface area contributed by atoms with Crippen LogP contribution in [0.25, 0.3) is 0 Å². The molecule has 2 atom stereocenters. The second kappa shape index (κ2) is 6.26. The summed E-state index contributed by atoms with van der Waals surface area (Å²) in [4.78, 5) is 8.37. The molecule has 0 aliphatic heterocycles. The Balaban J connectivity index is 2.18. The van der Waals surface area contributed by atoms with Gasteiger partial charge in [0.15, 0.2) is 0 Å². The van der Waals surface area contributed by atoms with E-state index in [9.17, 15) is 5.11 Å². The molecule has 112 valence electrons. The van der Waals surface area contributed by atoms with Crippen molar-refractivity contribution >= 4 is 17.6 Å². The van der Waals surface area contributed by atoms with Crippen molar-refractivity contribution < 1.29 is 5.11 Å². The highest BCUT2D eigenvalue weighted by atomic mass is 16.3. The zero-order valence-electron chi connectivity index (χ0n) is 12.3. The summed E-state index contributed by atoms with van der Waals surface area (Å²) < 4.78 is 0. The van der Waals surface area contributed by atoms with Gasteiger partial charge in [0.25, 0.3) is 0 Å². The number of hydrogen-bond donors (Lipinski definition) is 4. The van der Waals surface area contributed by atoms with Gasteiger partial charge in [-0.05, 0) is 25.7 Å². The first-order valence-corrected chi connectivity index (χ1v) is 7.34. The van der Waals surface area contributed by atoms with Crippen LogP contribution in [-0.4, -0.2) is 33.8 Å². The minimum Gasteiger partial charge on any atom is -0.394 e. The minimum atomic E-state index is -0.290. The average molecular weight is 279 g/mol. The molecular formula is C14H25N5O. The summed E-state index contributed by atoms with van der Waals surface area (Å²) in [6.45, 7) is 5.11. The fourth-order valence-electron chi connectivity index (χ4n) is 3.03. The maximum absolute atomic E-state index is 9.81.